The van der Waals surface area contributed by atoms with Crippen molar-refractivity contribution in [2.75, 3.05) is 6.26 Å². The molecule has 0 aliphatic heterocycles. The number of rotatable bonds is 2. The summed E-state index contributed by atoms with van der Waals surface area (Å²) in [5, 5.41) is 6.83. The molecule has 0 saturated heterocycles. The highest BCUT2D eigenvalue weighted by atomic mass is 35.5. The third kappa shape index (κ3) is 2.86. The maximum Gasteiger partial charge on any atom is 0.452 e. The summed E-state index contributed by atoms with van der Waals surface area (Å²) >= 11 is 18.6. The van der Waals surface area contributed by atoms with Crippen LogP contribution in [0, 0.1) is 0 Å². The smallest absolute Gasteiger partial charge is 0.263 e. The molecule has 0 bridgehead atoms. The Hall–Kier alpha value is -0.630. The number of nitrogens with zero attached hydrogens (tertiary/aromatic N) is 3. The Bertz CT molecular complexity index is 634. The number of alkyl halides is 3. The number of benzene rings is 1. The summed E-state index contributed by atoms with van der Waals surface area (Å²) in [5.41, 5.74) is -0.0561. The van der Waals surface area contributed by atoms with Crippen molar-refractivity contribution < 1.29 is 13.2 Å². The lowest BCUT2D eigenvalue weighted by Gasteiger charge is -2.14. The zero-order valence-corrected chi connectivity index (χ0v) is 12.8. The molecule has 10 heteroatoms. The summed E-state index contributed by atoms with van der Waals surface area (Å²) in [6, 6.07) is 2.60. The summed E-state index contributed by atoms with van der Waals surface area (Å²) in [7, 11) is 0. The molecule has 1 aromatic heterocycles. The molecule has 0 spiro atoms. The normalized spacial score (nSPS) is 11.9. The first kappa shape index (κ1) is 15.8. The number of thioether (sulfide) groups is 1. The molecule has 0 amide bonds. The van der Waals surface area contributed by atoms with Gasteiger partial charge in [-0.25, -0.2) is 0 Å². The van der Waals surface area contributed by atoms with E-state index in [1.807, 2.05) is 0 Å². The van der Waals surface area contributed by atoms with Gasteiger partial charge >= 0.3 is 6.18 Å². The van der Waals surface area contributed by atoms with Crippen molar-refractivity contribution in [3.05, 3.63) is 33.0 Å². The van der Waals surface area contributed by atoms with Crippen LogP contribution in [0.3, 0.4) is 0 Å². The predicted molar refractivity (Wildman–Crippen MR) is 73.2 cm³/mol. The minimum atomic E-state index is -4.69. The Balaban J connectivity index is 2.78. The van der Waals surface area contributed by atoms with Crippen molar-refractivity contribution in [1.82, 2.24) is 14.8 Å². The Morgan fingerprint density at radius 2 is 1.65 bits per heavy atom. The van der Waals surface area contributed by atoms with Crippen molar-refractivity contribution in [2.24, 2.45) is 0 Å². The molecule has 2 aromatic rings. The maximum atomic E-state index is 13.0. The van der Waals surface area contributed by atoms with E-state index < -0.39 is 12.0 Å². The van der Waals surface area contributed by atoms with E-state index in [1.54, 1.807) is 6.26 Å². The molecule has 0 atom stereocenters. The molecule has 3 nitrogen and oxygen atoms in total. The highest BCUT2D eigenvalue weighted by Gasteiger charge is 2.39. The first-order chi connectivity index (χ1) is 9.25. The van der Waals surface area contributed by atoms with Crippen LogP contribution < -0.4 is 0 Å². The minimum absolute atomic E-state index is 0.0171. The second-order valence-electron chi connectivity index (χ2n) is 3.56. The molecule has 0 N–H and O–H groups in total. The molecule has 108 valence electrons. The molecule has 2 rings (SSSR count). The van der Waals surface area contributed by atoms with Gasteiger partial charge in [-0.1, -0.05) is 46.6 Å². The Morgan fingerprint density at radius 3 is 2.10 bits per heavy atom. The molecule has 0 fully saturated rings. The van der Waals surface area contributed by atoms with E-state index in [9.17, 15) is 13.2 Å². The van der Waals surface area contributed by atoms with E-state index in [2.05, 4.69) is 10.2 Å². The van der Waals surface area contributed by atoms with Gasteiger partial charge in [0.15, 0.2) is 5.16 Å². The average molecular weight is 363 g/mol. The molecule has 0 unspecified atom stereocenters. The molecular formula is C10H5Cl3F3N3S. The summed E-state index contributed by atoms with van der Waals surface area (Å²) in [6.07, 6.45) is -3.12. The van der Waals surface area contributed by atoms with Gasteiger partial charge in [0.25, 0.3) is 0 Å². The second-order valence-corrected chi connectivity index (χ2v) is 5.59. The van der Waals surface area contributed by atoms with E-state index >= 15 is 0 Å². The van der Waals surface area contributed by atoms with Crippen LogP contribution >= 0.6 is 46.6 Å². The lowest BCUT2D eigenvalue weighted by atomic mass is 10.3. The molecule has 1 aromatic carbocycles. The zero-order valence-electron chi connectivity index (χ0n) is 9.67. The first-order valence-electron chi connectivity index (χ1n) is 4.97. The number of halogens is 6. The van der Waals surface area contributed by atoms with Crippen LogP contribution in [0.25, 0.3) is 5.69 Å². The van der Waals surface area contributed by atoms with Gasteiger partial charge in [-0.05, 0) is 18.4 Å². The van der Waals surface area contributed by atoms with Crippen LogP contribution in [0.1, 0.15) is 5.82 Å². The summed E-state index contributed by atoms with van der Waals surface area (Å²) in [5.74, 6) is -1.20. The topological polar surface area (TPSA) is 30.7 Å². The molecule has 0 aliphatic carbocycles. The van der Waals surface area contributed by atoms with Crippen molar-refractivity contribution >= 4 is 46.6 Å². The second kappa shape index (κ2) is 5.63. The van der Waals surface area contributed by atoms with Gasteiger partial charge in [0, 0.05) is 5.02 Å². The van der Waals surface area contributed by atoms with Gasteiger partial charge in [0.05, 0.1) is 15.7 Å². The quantitative estimate of drug-likeness (QED) is 0.707. The summed E-state index contributed by atoms with van der Waals surface area (Å²) in [4.78, 5) is 0. The van der Waals surface area contributed by atoms with E-state index in [-0.39, 0.29) is 25.9 Å². The highest BCUT2D eigenvalue weighted by molar-refractivity contribution is 7.98. The third-order valence-electron chi connectivity index (χ3n) is 2.27. The maximum absolute atomic E-state index is 13.0. The molecule has 0 aliphatic rings. The molecule has 20 heavy (non-hydrogen) atoms. The van der Waals surface area contributed by atoms with Crippen LogP contribution in [0.2, 0.25) is 15.1 Å². The minimum Gasteiger partial charge on any atom is -0.263 e. The van der Waals surface area contributed by atoms with Gasteiger partial charge in [0.1, 0.15) is 0 Å². The van der Waals surface area contributed by atoms with Crippen molar-refractivity contribution in [1.29, 1.82) is 0 Å². The Morgan fingerprint density at radius 1 is 1.10 bits per heavy atom. The summed E-state index contributed by atoms with van der Waals surface area (Å²) in [6.45, 7) is 0. The van der Waals surface area contributed by atoms with E-state index in [0.717, 1.165) is 16.3 Å². The van der Waals surface area contributed by atoms with Gasteiger partial charge in [-0.2, -0.15) is 13.2 Å². The number of aromatic nitrogens is 3. The van der Waals surface area contributed by atoms with E-state index in [0.29, 0.717) is 0 Å². The van der Waals surface area contributed by atoms with Crippen LogP contribution in [0.4, 0.5) is 13.2 Å². The van der Waals surface area contributed by atoms with Gasteiger partial charge in [0.2, 0.25) is 5.82 Å². The number of hydrogen-bond donors (Lipinski definition) is 0. The fraction of sp³-hybridized carbons (Fsp3) is 0.200. The van der Waals surface area contributed by atoms with Gasteiger partial charge in [-0.15, -0.1) is 10.2 Å². The molecule has 0 radical (unpaired) electrons. The lowest BCUT2D eigenvalue weighted by Crippen LogP contribution is -2.15. The lowest BCUT2D eigenvalue weighted by molar-refractivity contribution is -0.146. The van der Waals surface area contributed by atoms with Crippen molar-refractivity contribution in [3.8, 4) is 5.69 Å². The third-order valence-corrected chi connectivity index (χ3v) is 3.70. The van der Waals surface area contributed by atoms with Gasteiger partial charge < -0.3 is 0 Å². The Labute approximate surface area is 131 Å². The van der Waals surface area contributed by atoms with Crippen LogP contribution in [0.15, 0.2) is 17.3 Å². The molecule has 1 heterocycles. The van der Waals surface area contributed by atoms with Gasteiger partial charge in [-0.3, -0.25) is 4.57 Å². The zero-order chi connectivity index (χ0) is 15.1. The first-order valence-corrected chi connectivity index (χ1v) is 7.33. The van der Waals surface area contributed by atoms with Crippen molar-refractivity contribution in [3.63, 3.8) is 0 Å². The average Bonchev–Trinajstić information content (AvgIpc) is 2.71. The Kier molecular flexibility index (Phi) is 4.44. The fourth-order valence-electron chi connectivity index (χ4n) is 1.54. The predicted octanol–water partition coefficient (Wildman–Crippen LogP) is 4.97. The SMILES string of the molecule is CSc1nnc(C(F)(F)F)n1-c1c(Cl)cc(Cl)cc1Cl. The molecular weight excluding hydrogens is 358 g/mol. The fourth-order valence-corrected chi connectivity index (χ4v) is 3.00. The van der Waals surface area contributed by atoms with Crippen molar-refractivity contribution in [2.45, 2.75) is 11.3 Å². The molecule has 0 saturated carbocycles. The van der Waals surface area contributed by atoms with E-state index in [1.165, 1.54) is 12.1 Å². The van der Waals surface area contributed by atoms with Crippen LogP contribution in [-0.4, -0.2) is 21.0 Å². The number of hydrogen-bond acceptors (Lipinski definition) is 3. The summed E-state index contributed by atoms with van der Waals surface area (Å²) < 4.78 is 39.7. The standard InChI is InChI=1S/C10H5Cl3F3N3S/c1-20-9-18-17-8(10(14,15)16)19(9)7-5(12)2-4(11)3-6(7)13/h2-3H,1H3. The highest BCUT2D eigenvalue weighted by Crippen LogP contribution is 2.38. The largest absolute Gasteiger partial charge is 0.452 e. The monoisotopic (exact) mass is 361 g/mol. The van der Waals surface area contributed by atoms with Crippen LogP contribution in [0.5, 0.6) is 0 Å². The van der Waals surface area contributed by atoms with E-state index in [4.69, 9.17) is 34.8 Å². The van der Waals surface area contributed by atoms with Crippen LogP contribution in [-0.2, 0) is 6.18 Å².